The first-order chi connectivity index (χ1) is 8.00. The molecule has 0 amide bonds. The molecule has 0 aliphatic heterocycles. The molecule has 0 unspecified atom stereocenters. The van der Waals surface area contributed by atoms with Crippen molar-refractivity contribution < 1.29 is 0 Å². The van der Waals surface area contributed by atoms with E-state index in [1.165, 1.54) is 0 Å². The highest BCUT2D eigenvalue weighted by Crippen LogP contribution is 2.21. The zero-order chi connectivity index (χ0) is 12.6. The highest BCUT2D eigenvalue weighted by Gasteiger charge is 2.11. The third kappa shape index (κ3) is 2.18. The van der Waals surface area contributed by atoms with E-state index in [4.69, 9.17) is 17.3 Å². The van der Waals surface area contributed by atoms with Gasteiger partial charge in [-0.3, -0.25) is 0 Å². The van der Waals surface area contributed by atoms with Crippen LogP contribution in [0.4, 0.5) is 0 Å². The predicted octanol–water partition coefficient (Wildman–Crippen LogP) is 2.56. The van der Waals surface area contributed by atoms with Gasteiger partial charge in [-0.05, 0) is 32.4 Å². The smallest absolute Gasteiger partial charge is 0.153 e. The molecule has 0 radical (unpaired) electrons. The van der Waals surface area contributed by atoms with Crippen LogP contribution in [0, 0.1) is 13.8 Å². The van der Waals surface area contributed by atoms with E-state index in [0.717, 1.165) is 22.8 Å². The fourth-order valence-corrected chi connectivity index (χ4v) is 1.76. The number of hydrogen-bond donors (Lipinski definition) is 1. The fraction of sp³-hybridized carbons (Fsp3) is 0.333. The Hall–Kier alpha value is -1.39. The Bertz CT molecular complexity index is 528. The van der Waals surface area contributed by atoms with Gasteiger partial charge in [0.05, 0.1) is 16.4 Å². The first kappa shape index (κ1) is 12.1. The molecule has 5 heteroatoms. The van der Waals surface area contributed by atoms with Crippen LogP contribution in [-0.2, 0) is 0 Å². The van der Waals surface area contributed by atoms with E-state index in [2.05, 4.69) is 10.1 Å². The average molecular weight is 251 g/mol. The SMILES string of the molecule is Cc1nn(-c2ccc([C@@H](C)N)cn2)c(C)c1Cl. The maximum absolute atomic E-state index is 6.10. The van der Waals surface area contributed by atoms with Crippen LogP contribution in [0.2, 0.25) is 5.02 Å². The minimum Gasteiger partial charge on any atom is -0.324 e. The summed E-state index contributed by atoms with van der Waals surface area (Å²) in [6.07, 6.45) is 1.77. The summed E-state index contributed by atoms with van der Waals surface area (Å²) in [7, 11) is 0. The molecule has 0 aliphatic rings. The average Bonchev–Trinajstić information content (AvgIpc) is 2.57. The van der Waals surface area contributed by atoms with E-state index >= 15 is 0 Å². The van der Waals surface area contributed by atoms with Crippen molar-refractivity contribution >= 4 is 11.6 Å². The molecule has 2 aromatic heterocycles. The molecule has 1 atom stereocenters. The summed E-state index contributed by atoms with van der Waals surface area (Å²) in [6.45, 7) is 5.72. The molecule has 0 spiro atoms. The van der Waals surface area contributed by atoms with Crippen LogP contribution in [0.25, 0.3) is 5.82 Å². The zero-order valence-electron chi connectivity index (χ0n) is 10.1. The lowest BCUT2D eigenvalue weighted by atomic mass is 10.1. The quantitative estimate of drug-likeness (QED) is 0.891. The van der Waals surface area contributed by atoms with Gasteiger partial charge in [0.1, 0.15) is 0 Å². The molecule has 0 saturated carbocycles. The lowest BCUT2D eigenvalue weighted by Crippen LogP contribution is -2.07. The largest absolute Gasteiger partial charge is 0.324 e. The van der Waals surface area contributed by atoms with E-state index in [1.54, 1.807) is 10.9 Å². The Morgan fingerprint density at radius 2 is 2.06 bits per heavy atom. The third-order valence-electron chi connectivity index (χ3n) is 2.72. The van der Waals surface area contributed by atoms with Gasteiger partial charge in [-0.2, -0.15) is 5.10 Å². The molecule has 0 fully saturated rings. The first-order valence-electron chi connectivity index (χ1n) is 5.44. The Morgan fingerprint density at radius 1 is 1.35 bits per heavy atom. The molecule has 0 bridgehead atoms. The molecule has 4 nitrogen and oxygen atoms in total. The zero-order valence-corrected chi connectivity index (χ0v) is 10.9. The Kier molecular flexibility index (Phi) is 3.17. The van der Waals surface area contributed by atoms with Crippen molar-refractivity contribution in [3.8, 4) is 5.82 Å². The number of rotatable bonds is 2. The second kappa shape index (κ2) is 4.47. The molecule has 2 rings (SSSR count). The van der Waals surface area contributed by atoms with Gasteiger partial charge in [0.15, 0.2) is 5.82 Å². The topological polar surface area (TPSA) is 56.7 Å². The van der Waals surface area contributed by atoms with Crippen molar-refractivity contribution in [3.63, 3.8) is 0 Å². The van der Waals surface area contributed by atoms with Crippen LogP contribution in [0.1, 0.15) is 29.9 Å². The highest BCUT2D eigenvalue weighted by molar-refractivity contribution is 6.31. The van der Waals surface area contributed by atoms with E-state index in [1.807, 2.05) is 32.9 Å². The number of aromatic nitrogens is 3. The standard InChI is InChI=1S/C12H15ClN4/c1-7(14)10-4-5-11(15-6-10)17-9(3)12(13)8(2)16-17/h4-7H,14H2,1-3H3/t7-/m1/s1. The molecule has 2 aromatic rings. The highest BCUT2D eigenvalue weighted by atomic mass is 35.5. The molecule has 2 heterocycles. The van der Waals surface area contributed by atoms with Gasteiger partial charge in [-0.15, -0.1) is 0 Å². The monoisotopic (exact) mass is 250 g/mol. The Labute approximate surface area is 105 Å². The van der Waals surface area contributed by atoms with Gasteiger partial charge in [0, 0.05) is 12.2 Å². The van der Waals surface area contributed by atoms with Crippen molar-refractivity contribution in [2.45, 2.75) is 26.8 Å². The van der Waals surface area contributed by atoms with Crippen LogP contribution < -0.4 is 5.73 Å². The summed E-state index contributed by atoms with van der Waals surface area (Å²) in [6, 6.07) is 3.84. The van der Waals surface area contributed by atoms with E-state index in [0.29, 0.717) is 5.02 Å². The molecular formula is C12H15ClN4. The summed E-state index contributed by atoms with van der Waals surface area (Å²) in [5.41, 5.74) is 8.48. The number of aryl methyl sites for hydroxylation is 1. The van der Waals surface area contributed by atoms with Crippen LogP contribution in [-0.4, -0.2) is 14.8 Å². The molecule has 0 aliphatic carbocycles. The lowest BCUT2D eigenvalue weighted by molar-refractivity contribution is 0.783. The van der Waals surface area contributed by atoms with Crippen LogP contribution in [0.5, 0.6) is 0 Å². The summed E-state index contributed by atoms with van der Waals surface area (Å²) in [5, 5.41) is 5.03. The van der Waals surface area contributed by atoms with Crippen LogP contribution >= 0.6 is 11.6 Å². The molecular weight excluding hydrogens is 236 g/mol. The minimum atomic E-state index is -0.0133. The Balaban J connectivity index is 2.43. The molecule has 0 saturated heterocycles. The number of hydrogen-bond acceptors (Lipinski definition) is 3. The second-order valence-electron chi connectivity index (χ2n) is 4.14. The molecule has 2 N–H and O–H groups in total. The lowest BCUT2D eigenvalue weighted by Gasteiger charge is -2.07. The normalized spacial score (nSPS) is 12.8. The van der Waals surface area contributed by atoms with Crippen molar-refractivity contribution in [2.24, 2.45) is 5.73 Å². The first-order valence-corrected chi connectivity index (χ1v) is 5.82. The Morgan fingerprint density at radius 3 is 2.47 bits per heavy atom. The van der Waals surface area contributed by atoms with Gasteiger partial charge >= 0.3 is 0 Å². The fourth-order valence-electron chi connectivity index (χ4n) is 1.64. The summed E-state index contributed by atoms with van der Waals surface area (Å²) in [4.78, 5) is 4.35. The molecule has 0 aromatic carbocycles. The van der Waals surface area contributed by atoms with Crippen molar-refractivity contribution in [1.82, 2.24) is 14.8 Å². The van der Waals surface area contributed by atoms with E-state index < -0.39 is 0 Å². The molecule has 90 valence electrons. The second-order valence-corrected chi connectivity index (χ2v) is 4.51. The number of halogens is 1. The predicted molar refractivity (Wildman–Crippen MR) is 68.4 cm³/mol. The summed E-state index contributed by atoms with van der Waals surface area (Å²) in [5.74, 6) is 0.752. The van der Waals surface area contributed by atoms with Crippen molar-refractivity contribution in [3.05, 3.63) is 40.3 Å². The molecule has 17 heavy (non-hydrogen) atoms. The van der Waals surface area contributed by atoms with Crippen molar-refractivity contribution in [2.75, 3.05) is 0 Å². The van der Waals surface area contributed by atoms with Gasteiger partial charge in [0.25, 0.3) is 0 Å². The van der Waals surface area contributed by atoms with E-state index in [9.17, 15) is 0 Å². The van der Waals surface area contributed by atoms with Crippen molar-refractivity contribution in [1.29, 1.82) is 0 Å². The minimum absolute atomic E-state index is 0.0133. The van der Waals surface area contributed by atoms with Gasteiger partial charge < -0.3 is 5.73 Å². The van der Waals surface area contributed by atoms with E-state index in [-0.39, 0.29) is 6.04 Å². The third-order valence-corrected chi connectivity index (χ3v) is 3.26. The maximum Gasteiger partial charge on any atom is 0.153 e. The van der Waals surface area contributed by atoms with Gasteiger partial charge in [-0.1, -0.05) is 17.7 Å². The van der Waals surface area contributed by atoms with Gasteiger partial charge in [-0.25, -0.2) is 9.67 Å². The van der Waals surface area contributed by atoms with Crippen LogP contribution in [0.3, 0.4) is 0 Å². The van der Waals surface area contributed by atoms with Gasteiger partial charge in [0.2, 0.25) is 0 Å². The number of nitrogens with two attached hydrogens (primary N) is 1. The maximum atomic E-state index is 6.10. The summed E-state index contributed by atoms with van der Waals surface area (Å²) < 4.78 is 1.74. The number of nitrogens with zero attached hydrogens (tertiary/aromatic N) is 3. The number of pyridine rings is 1. The van der Waals surface area contributed by atoms with Crippen LogP contribution in [0.15, 0.2) is 18.3 Å². The summed E-state index contributed by atoms with van der Waals surface area (Å²) >= 11 is 6.10.